The van der Waals surface area contributed by atoms with Crippen molar-refractivity contribution in [3.8, 4) is 11.1 Å². The van der Waals surface area contributed by atoms with Crippen molar-refractivity contribution >= 4 is 16.9 Å². The molecular formula is C18H15NO2. The SMILES string of the molecule is CCOC(=O)c1cc2ccc3c(c2[nH]1)Cc1ccccc1-3. The zero-order valence-electron chi connectivity index (χ0n) is 11.8. The van der Waals surface area contributed by atoms with Gasteiger partial charge in [-0.15, -0.1) is 0 Å². The van der Waals surface area contributed by atoms with E-state index in [1.165, 1.54) is 22.3 Å². The minimum absolute atomic E-state index is 0.294. The molecule has 0 atom stereocenters. The van der Waals surface area contributed by atoms with Crippen molar-refractivity contribution in [2.24, 2.45) is 0 Å². The van der Waals surface area contributed by atoms with E-state index in [1.807, 2.05) is 13.0 Å². The third-order valence-corrected chi connectivity index (χ3v) is 4.07. The van der Waals surface area contributed by atoms with Crippen molar-refractivity contribution in [2.45, 2.75) is 13.3 Å². The van der Waals surface area contributed by atoms with Gasteiger partial charge in [-0.25, -0.2) is 4.79 Å². The molecule has 1 heterocycles. The molecule has 1 N–H and O–H groups in total. The number of benzene rings is 2. The Morgan fingerprint density at radius 3 is 2.90 bits per heavy atom. The average Bonchev–Trinajstić information content (AvgIpc) is 3.08. The zero-order chi connectivity index (χ0) is 14.4. The normalized spacial score (nSPS) is 12.2. The second-order valence-corrected chi connectivity index (χ2v) is 5.29. The van der Waals surface area contributed by atoms with Crippen LogP contribution in [0.25, 0.3) is 22.0 Å². The van der Waals surface area contributed by atoms with Gasteiger partial charge in [-0.1, -0.05) is 36.4 Å². The maximum Gasteiger partial charge on any atom is 0.354 e. The minimum atomic E-state index is -0.294. The Morgan fingerprint density at radius 2 is 2.05 bits per heavy atom. The molecule has 0 saturated heterocycles. The van der Waals surface area contributed by atoms with E-state index in [4.69, 9.17) is 4.74 Å². The summed E-state index contributed by atoms with van der Waals surface area (Å²) in [5.41, 5.74) is 6.73. The predicted octanol–water partition coefficient (Wildman–Crippen LogP) is 3.92. The first-order valence-electron chi connectivity index (χ1n) is 7.18. The lowest BCUT2D eigenvalue weighted by molar-refractivity contribution is 0.0520. The number of hydrogen-bond acceptors (Lipinski definition) is 2. The van der Waals surface area contributed by atoms with Crippen LogP contribution in [0.2, 0.25) is 0 Å². The molecule has 1 aromatic heterocycles. The number of aromatic amines is 1. The Hall–Kier alpha value is -2.55. The van der Waals surface area contributed by atoms with Crippen LogP contribution in [-0.4, -0.2) is 17.6 Å². The standard InChI is InChI=1S/C18H15NO2/c1-2-21-18(20)16-10-12-7-8-14-13-6-4-3-5-11(13)9-15(14)17(12)19-16/h3-8,10,19H,2,9H2,1H3. The van der Waals surface area contributed by atoms with Gasteiger partial charge in [-0.2, -0.15) is 0 Å². The maximum absolute atomic E-state index is 11.9. The lowest BCUT2D eigenvalue weighted by Crippen LogP contribution is -2.04. The quantitative estimate of drug-likeness (QED) is 0.564. The number of fused-ring (bicyclic) bond motifs is 5. The van der Waals surface area contributed by atoms with E-state index in [0.717, 1.165) is 17.3 Å². The lowest BCUT2D eigenvalue weighted by Gasteiger charge is -2.01. The fourth-order valence-corrected chi connectivity index (χ4v) is 3.14. The predicted molar refractivity (Wildman–Crippen MR) is 82.5 cm³/mol. The maximum atomic E-state index is 11.9. The topological polar surface area (TPSA) is 42.1 Å². The summed E-state index contributed by atoms with van der Waals surface area (Å²) in [5.74, 6) is -0.294. The fourth-order valence-electron chi connectivity index (χ4n) is 3.14. The third-order valence-electron chi connectivity index (χ3n) is 4.07. The summed E-state index contributed by atoms with van der Waals surface area (Å²) in [5, 5.41) is 1.06. The Kier molecular flexibility index (Phi) is 2.61. The molecule has 1 aliphatic rings. The number of ether oxygens (including phenoxy) is 1. The van der Waals surface area contributed by atoms with Gasteiger partial charge in [0, 0.05) is 11.8 Å². The summed E-state index contributed by atoms with van der Waals surface area (Å²) in [7, 11) is 0. The molecule has 0 unspecified atom stereocenters. The molecule has 0 spiro atoms. The molecule has 3 aromatic rings. The second-order valence-electron chi connectivity index (χ2n) is 5.29. The molecule has 0 saturated carbocycles. The van der Waals surface area contributed by atoms with Crippen LogP contribution in [0.15, 0.2) is 42.5 Å². The lowest BCUT2D eigenvalue weighted by atomic mass is 10.0. The van der Waals surface area contributed by atoms with Crippen molar-refractivity contribution in [3.05, 3.63) is 59.3 Å². The summed E-state index contributed by atoms with van der Waals surface area (Å²) in [6.07, 6.45) is 0.908. The first kappa shape index (κ1) is 12.2. The molecule has 1 aliphatic carbocycles. The van der Waals surface area contributed by atoms with Crippen LogP contribution in [0.1, 0.15) is 28.5 Å². The highest BCUT2D eigenvalue weighted by molar-refractivity contribution is 5.99. The molecule has 3 nitrogen and oxygen atoms in total. The van der Waals surface area contributed by atoms with E-state index in [9.17, 15) is 4.79 Å². The van der Waals surface area contributed by atoms with Gasteiger partial charge in [0.25, 0.3) is 0 Å². The Balaban J connectivity index is 1.88. The number of aromatic nitrogens is 1. The van der Waals surface area contributed by atoms with Crippen LogP contribution in [0.3, 0.4) is 0 Å². The highest BCUT2D eigenvalue weighted by atomic mass is 16.5. The number of H-pyrrole nitrogens is 1. The van der Waals surface area contributed by atoms with Crippen molar-refractivity contribution in [2.75, 3.05) is 6.61 Å². The van der Waals surface area contributed by atoms with Gasteiger partial charge >= 0.3 is 5.97 Å². The summed E-state index contributed by atoms with van der Waals surface area (Å²) in [6.45, 7) is 2.20. The number of nitrogens with one attached hydrogen (secondary N) is 1. The van der Waals surface area contributed by atoms with Gasteiger partial charge < -0.3 is 9.72 Å². The molecule has 104 valence electrons. The summed E-state index contributed by atoms with van der Waals surface area (Å²) >= 11 is 0. The van der Waals surface area contributed by atoms with Gasteiger partial charge in [-0.05, 0) is 35.2 Å². The number of carbonyl (C=O) groups excluding carboxylic acids is 1. The largest absolute Gasteiger partial charge is 0.461 e. The number of hydrogen-bond donors (Lipinski definition) is 1. The first-order chi connectivity index (χ1) is 10.3. The fraction of sp³-hybridized carbons (Fsp3) is 0.167. The monoisotopic (exact) mass is 277 g/mol. The van der Waals surface area contributed by atoms with E-state index in [0.29, 0.717) is 12.3 Å². The second kappa shape index (κ2) is 4.48. The van der Waals surface area contributed by atoms with Crippen LogP contribution >= 0.6 is 0 Å². The Morgan fingerprint density at radius 1 is 1.19 bits per heavy atom. The van der Waals surface area contributed by atoms with E-state index in [1.54, 1.807) is 0 Å². The molecule has 2 aromatic carbocycles. The number of carbonyl (C=O) groups is 1. The summed E-state index contributed by atoms with van der Waals surface area (Å²) in [4.78, 5) is 15.1. The van der Waals surface area contributed by atoms with E-state index in [2.05, 4.69) is 41.4 Å². The van der Waals surface area contributed by atoms with Crippen molar-refractivity contribution < 1.29 is 9.53 Å². The van der Waals surface area contributed by atoms with Crippen LogP contribution in [0.5, 0.6) is 0 Å². The number of esters is 1. The van der Waals surface area contributed by atoms with E-state index in [-0.39, 0.29) is 5.97 Å². The van der Waals surface area contributed by atoms with Gasteiger partial charge in [0.15, 0.2) is 0 Å². The van der Waals surface area contributed by atoms with Gasteiger partial charge in [-0.3, -0.25) is 0 Å². The minimum Gasteiger partial charge on any atom is -0.461 e. The van der Waals surface area contributed by atoms with E-state index < -0.39 is 0 Å². The summed E-state index contributed by atoms with van der Waals surface area (Å²) in [6, 6.07) is 14.5. The molecule has 3 heteroatoms. The smallest absolute Gasteiger partial charge is 0.354 e. The van der Waals surface area contributed by atoms with E-state index >= 15 is 0 Å². The molecule has 21 heavy (non-hydrogen) atoms. The molecule has 0 radical (unpaired) electrons. The first-order valence-corrected chi connectivity index (χ1v) is 7.18. The average molecular weight is 277 g/mol. The van der Waals surface area contributed by atoms with Crippen LogP contribution in [0, 0.1) is 0 Å². The number of rotatable bonds is 2. The van der Waals surface area contributed by atoms with Gasteiger partial charge in [0.1, 0.15) is 5.69 Å². The van der Waals surface area contributed by atoms with Crippen LogP contribution in [-0.2, 0) is 11.2 Å². The molecule has 4 rings (SSSR count). The van der Waals surface area contributed by atoms with Crippen molar-refractivity contribution in [1.82, 2.24) is 4.98 Å². The Labute approximate surface area is 122 Å². The van der Waals surface area contributed by atoms with Crippen LogP contribution < -0.4 is 0 Å². The molecule has 0 amide bonds. The van der Waals surface area contributed by atoms with Gasteiger partial charge in [0.2, 0.25) is 0 Å². The van der Waals surface area contributed by atoms with Gasteiger partial charge in [0.05, 0.1) is 12.1 Å². The molecular weight excluding hydrogens is 262 g/mol. The zero-order valence-corrected chi connectivity index (χ0v) is 11.8. The van der Waals surface area contributed by atoms with Crippen LogP contribution in [0.4, 0.5) is 0 Å². The summed E-state index contributed by atoms with van der Waals surface area (Å²) < 4.78 is 5.07. The highest BCUT2D eigenvalue weighted by Crippen LogP contribution is 2.40. The van der Waals surface area contributed by atoms with Crippen molar-refractivity contribution in [3.63, 3.8) is 0 Å². The molecule has 0 fully saturated rings. The Bertz CT molecular complexity index is 861. The molecule has 0 aliphatic heterocycles. The van der Waals surface area contributed by atoms with Crippen molar-refractivity contribution in [1.29, 1.82) is 0 Å². The molecule has 0 bridgehead atoms. The highest BCUT2D eigenvalue weighted by Gasteiger charge is 2.22. The third kappa shape index (κ3) is 1.77.